The van der Waals surface area contributed by atoms with Crippen LogP contribution in [0.25, 0.3) is 0 Å². The fourth-order valence-corrected chi connectivity index (χ4v) is 2.49. The Morgan fingerprint density at radius 1 is 1.00 bits per heavy atom. The predicted molar refractivity (Wildman–Crippen MR) is 93.4 cm³/mol. The summed E-state index contributed by atoms with van der Waals surface area (Å²) in [5, 5.41) is 10.3. The van der Waals surface area contributed by atoms with Gasteiger partial charge in [0.1, 0.15) is 5.75 Å². The lowest BCUT2D eigenvalue weighted by molar-refractivity contribution is 0.141. The minimum Gasteiger partial charge on any atom is -0.493 e. The second-order valence-electron chi connectivity index (χ2n) is 6.42. The molecule has 1 atom stereocenters. The average Bonchev–Trinajstić information content (AvgIpc) is 2.51. The van der Waals surface area contributed by atoms with Gasteiger partial charge in [-0.2, -0.15) is 0 Å². The van der Waals surface area contributed by atoms with Crippen LogP contribution in [0.15, 0.2) is 24.3 Å². The second-order valence-corrected chi connectivity index (χ2v) is 6.42. The van der Waals surface area contributed by atoms with Crippen LogP contribution in [0.1, 0.15) is 58.6 Å². The van der Waals surface area contributed by atoms with Crippen molar-refractivity contribution in [3.05, 3.63) is 29.8 Å². The fraction of sp³-hybridized carbons (Fsp3) is 0.684. The highest BCUT2D eigenvalue weighted by molar-refractivity contribution is 5.28. The minimum absolute atomic E-state index is 0.393. The Morgan fingerprint density at radius 2 is 1.59 bits per heavy atom. The van der Waals surface area contributed by atoms with Crippen molar-refractivity contribution in [2.75, 3.05) is 26.2 Å². The van der Waals surface area contributed by atoms with E-state index in [-0.39, 0.29) is 0 Å². The highest BCUT2D eigenvalue weighted by Crippen LogP contribution is 2.21. The summed E-state index contributed by atoms with van der Waals surface area (Å²) in [6, 6.07) is 7.86. The Labute approximate surface area is 136 Å². The number of nitrogens with zero attached hydrogens (tertiary/aromatic N) is 1. The summed E-state index contributed by atoms with van der Waals surface area (Å²) in [5.41, 5.74) is 0.977. The molecule has 0 aliphatic carbocycles. The molecule has 0 bridgehead atoms. The Bertz CT molecular complexity index is 383. The molecule has 0 spiro atoms. The van der Waals surface area contributed by atoms with E-state index in [2.05, 4.69) is 32.6 Å². The number of aliphatic hydroxyl groups excluding tert-OH is 1. The second kappa shape index (κ2) is 10.6. The first-order valence-corrected chi connectivity index (χ1v) is 8.70. The van der Waals surface area contributed by atoms with Gasteiger partial charge in [-0.25, -0.2) is 0 Å². The van der Waals surface area contributed by atoms with Crippen LogP contribution in [0, 0.1) is 5.92 Å². The Balaban J connectivity index is 2.45. The van der Waals surface area contributed by atoms with Crippen molar-refractivity contribution >= 4 is 0 Å². The standard InChI is InChI=1S/C19H33NO2/c1-5-12-20(13-6-2)14-11-19(21)17-7-9-18(10-8-17)22-15-16(3)4/h7-10,16,19,21H,5-6,11-15H2,1-4H3. The number of hydrogen-bond acceptors (Lipinski definition) is 3. The van der Waals surface area contributed by atoms with Crippen LogP contribution in [0.2, 0.25) is 0 Å². The summed E-state index contributed by atoms with van der Waals surface area (Å²) < 4.78 is 5.67. The maximum absolute atomic E-state index is 10.3. The molecule has 0 heterocycles. The van der Waals surface area contributed by atoms with E-state index in [1.807, 2.05) is 24.3 Å². The largest absolute Gasteiger partial charge is 0.493 e. The fourth-order valence-electron chi connectivity index (χ4n) is 2.49. The van der Waals surface area contributed by atoms with Crippen molar-refractivity contribution in [1.29, 1.82) is 0 Å². The third-order valence-corrected chi connectivity index (χ3v) is 3.65. The SMILES string of the molecule is CCCN(CCC)CCC(O)c1ccc(OCC(C)C)cc1. The molecule has 1 N–H and O–H groups in total. The summed E-state index contributed by atoms with van der Waals surface area (Å²) in [4.78, 5) is 2.43. The first kappa shape index (κ1) is 19.0. The molecule has 22 heavy (non-hydrogen) atoms. The van der Waals surface area contributed by atoms with Gasteiger partial charge in [0.15, 0.2) is 0 Å². The molecule has 0 aliphatic heterocycles. The topological polar surface area (TPSA) is 32.7 Å². The molecule has 1 rings (SSSR count). The molecular formula is C19H33NO2. The molecule has 0 aromatic heterocycles. The van der Waals surface area contributed by atoms with E-state index in [1.54, 1.807) is 0 Å². The van der Waals surface area contributed by atoms with E-state index < -0.39 is 6.10 Å². The quantitative estimate of drug-likeness (QED) is 0.663. The molecule has 3 heteroatoms. The molecule has 3 nitrogen and oxygen atoms in total. The zero-order chi connectivity index (χ0) is 16.4. The average molecular weight is 307 g/mol. The summed E-state index contributed by atoms with van der Waals surface area (Å²) in [7, 11) is 0. The number of ether oxygens (including phenoxy) is 1. The van der Waals surface area contributed by atoms with Crippen molar-refractivity contribution in [2.24, 2.45) is 5.92 Å². The van der Waals surface area contributed by atoms with Gasteiger partial charge < -0.3 is 14.7 Å². The number of aliphatic hydroxyl groups is 1. The minimum atomic E-state index is -0.393. The van der Waals surface area contributed by atoms with E-state index >= 15 is 0 Å². The van der Waals surface area contributed by atoms with Gasteiger partial charge in [-0.05, 0) is 56.0 Å². The molecule has 0 amide bonds. The van der Waals surface area contributed by atoms with Crippen molar-refractivity contribution in [1.82, 2.24) is 4.90 Å². The molecule has 0 saturated carbocycles. The van der Waals surface area contributed by atoms with E-state index in [0.717, 1.165) is 56.8 Å². The maximum atomic E-state index is 10.3. The normalized spacial score (nSPS) is 12.9. The molecule has 0 saturated heterocycles. The molecule has 1 aromatic carbocycles. The summed E-state index contributed by atoms with van der Waals surface area (Å²) in [6.07, 6.45) is 2.72. The van der Waals surface area contributed by atoms with Gasteiger partial charge in [-0.3, -0.25) is 0 Å². The summed E-state index contributed by atoms with van der Waals surface area (Å²) in [6.45, 7) is 12.6. The van der Waals surface area contributed by atoms with Crippen LogP contribution in [-0.4, -0.2) is 36.2 Å². The van der Waals surface area contributed by atoms with Gasteiger partial charge in [0, 0.05) is 6.54 Å². The van der Waals surface area contributed by atoms with Gasteiger partial charge >= 0.3 is 0 Å². The predicted octanol–water partition coefficient (Wildman–Crippen LogP) is 4.27. The van der Waals surface area contributed by atoms with Gasteiger partial charge in [-0.1, -0.05) is 39.8 Å². The third-order valence-electron chi connectivity index (χ3n) is 3.65. The van der Waals surface area contributed by atoms with Crippen molar-refractivity contribution in [2.45, 2.75) is 53.1 Å². The molecule has 1 unspecified atom stereocenters. The number of rotatable bonds is 11. The Kier molecular flexibility index (Phi) is 9.17. The highest BCUT2D eigenvalue weighted by atomic mass is 16.5. The Morgan fingerprint density at radius 3 is 2.09 bits per heavy atom. The smallest absolute Gasteiger partial charge is 0.119 e. The third kappa shape index (κ3) is 7.28. The molecule has 0 aliphatic rings. The zero-order valence-corrected chi connectivity index (χ0v) is 14.7. The van der Waals surface area contributed by atoms with Gasteiger partial charge in [-0.15, -0.1) is 0 Å². The zero-order valence-electron chi connectivity index (χ0n) is 14.7. The Hall–Kier alpha value is -1.06. The molecule has 0 fully saturated rings. The summed E-state index contributed by atoms with van der Waals surface area (Å²) in [5.74, 6) is 1.40. The van der Waals surface area contributed by atoms with Crippen molar-refractivity contribution in [3.63, 3.8) is 0 Å². The maximum Gasteiger partial charge on any atom is 0.119 e. The first-order chi connectivity index (χ1) is 10.6. The van der Waals surface area contributed by atoms with Crippen LogP contribution >= 0.6 is 0 Å². The lowest BCUT2D eigenvalue weighted by atomic mass is 10.1. The number of benzene rings is 1. The monoisotopic (exact) mass is 307 g/mol. The summed E-state index contributed by atoms with van der Waals surface area (Å²) >= 11 is 0. The number of hydrogen-bond donors (Lipinski definition) is 1. The van der Waals surface area contributed by atoms with E-state index in [0.29, 0.717) is 5.92 Å². The van der Waals surface area contributed by atoms with Crippen LogP contribution in [0.5, 0.6) is 5.75 Å². The van der Waals surface area contributed by atoms with Crippen LogP contribution in [0.3, 0.4) is 0 Å². The van der Waals surface area contributed by atoms with E-state index in [9.17, 15) is 5.11 Å². The molecule has 126 valence electrons. The lowest BCUT2D eigenvalue weighted by Crippen LogP contribution is -2.27. The van der Waals surface area contributed by atoms with Crippen molar-refractivity contribution < 1.29 is 9.84 Å². The van der Waals surface area contributed by atoms with E-state index in [1.165, 1.54) is 0 Å². The van der Waals surface area contributed by atoms with Crippen LogP contribution < -0.4 is 4.74 Å². The lowest BCUT2D eigenvalue weighted by Gasteiger charge is -2.22. The first-order valence-electron chi connectivity index (χ1n) is 8.70. The van der Waals surface area contributed by atoms with Crippen LogP contribution in [-0.2, 0) is 0 Å². The highest BCUT2D eigenvalue weighted by Gasteiger charge is 2.10. The van der Waals surface area contributed by atoms with Crippen molar-refractivity contribution in [3.8, 4) is 5.75 Å². The van der Waals surface area contributed by atoms with Crippen LogP contribution in [0.4, 0.5) is 0 Å². The molecule has 1 aromatic rings. The van der Waals surface area contributed by atoms with Gasteiger partial charge in [0.25, 0.3) is 0 Å². The van der Waals surface area contributed by atoms with E-state index in [4.69, 9.17) is 4.74 Å². The van der Waals surface area contributed by atoms with Gasteiger partial charge in [0.2, 0.25) is 0 Å². The molecule has 0 radical (unpaired) electrons. The van der Waals surface area contributed by atoms with Gasteiger partial charge in [0.05, 0.1) is 12.7 Å². The molecular weight excluding hydrogens is 274 g/mol.